The molecule has 0 aromatic heterocycles. The van der Waals surface area contributed by atoms with Gasteiger partial charge >= 0.3 is 6.18 Å². The van der Waals surface area contributed by atoms with Crippen LogP contribution in [0.4, 0.5) is 18.9 Å². The molecule has 2 aromatic carbocycles. The van der Waals surface area contributed by atoms with Crippen molar-refractivity contribution >= 4 is 33.2 Å². The van der Waals surface area contributed by atoms with Gasteiger partial charge in [-0.3, -0.25) is 4.79 Å². The van der Waals surface area contributed by atoms with Crippen molar-refractivity contribution in [2.75, 3.05) is 5.32 Å². The summed E-state index contributed by atoms with van der Waals surface area (Å²) in [6.07, 6.45) is -4.68. The number of anilines is 1. The molecule has 0 radical (unpaired) electrons. The van der Waals surface area contributed by atoms with Gasteiger partial charge < -0.3 is 5.32 Å². The maximum atomic E-state index is 12.8. The van der Waals surface area contributed by atoms with E-state index >= 15 is 0 Å². The number of carbonyl (C=O) groups is 1. The van der Waals surface area contributed by atoms with Gasteiger partial charge in [0.15, 0.2) is 0 Å². The zero-order valence-corrected chi connectivity index (χ0v) is 14.9. The summed E-state index contributed by atoms with van der Waals surface area (Å²) in [4.78, 5) is 12.1. The molecule has 1 amide bonds. The number of nitrogens with one attached hydrogen (secondary N) is 2. The largest absolute Gasteiger partial charge is 0.417 e. The van der Waals surface area contributed by atoms with E-state index in [1.54, 1.807) is 6.07 Å². The number of alkyl halides is 3. The molecule has 140 valence electrons. The Labute approximate surface area is 153 Å². The van der Waals surface area contributed by atoms with Crippen LogP contribution in [0.1, 0.15) is 12.5 Å². The lowest BCUT2D eigenvalue weighted by Gasteiger charge is -2.16. The maximum absolute atomic E-state index is 12.8. The molecule has 5 nitrogen and oxygen atoms in total. The van der Waals surface area contributed by atoms with Crippen molar-refractivity contribution in [2.45, 2.75) is 24.0 Å². The van der Waals surface area contributed by atoms with Gasteiger partial charge in [0.2, 0.25) is 15.9 Å². The van der Waals surface area contributed by atoms with E-state index in [2.05, 4.69) is 10.0 Å². The van der Waals surface area contributed by atoms with Crippen molar-refractivity contribution in [3.63, 3.8) is 0 Å². The zero-order valence-electron chi connectivity index (χ0n) is 13.3. The summed E-state index contributed by atoms with van der Waals surface area (Å²) in [5.74, 6) is -0.819. The van der Waals surface area contributed by atoms with Crippen LogP contribution in [0, 0.1) is 0 Å². The molecule has 0 saturated carbocycles. The van der Waals surface area contributed by atoms with Crippen LogP contribution < -0.4 is 10.0 Å². The Hall–Kier alpha value is -2.10. The fourth-order valence-electron chi connectivity index (χ4n) is 2.02. The molecule has 0 fully saturated rings. The first-order valence-electron chi connectivity index (χ1n) is 7.26. The van der Waals surface area contributed by atoms with Gasteiger partial charge in [-0.15, -0.1) is 0 Å². The Bertz CT molecular complexity index is 903. The Morgan fingerprint density at radius 1 is 1.12 bits per heavy atom. The SMILES string of the molecule is C[C@@H](NS(=O)(=O)c1ccccc1)C(=O)Nc1ccc(Cl)c(C(F)(F)F)c1. The van der Waals surface area contributed by atoms with E-state index in [4.69, 9.17) is 11.6 Å². The molecule has 2 rings (SSSR count). The van der Waals surface area contributed by atoms with Gasteiger partial charge in [0.25, 0.3) is 0 Å². The van der Waals surface area contributed by atoms with Gasteiger partial charge in [-0.05, 0) is 37.3 Å². The topological polar surface area (TPSA) is 75.3 Å². The molecular formula is C16H14ClF3N2O3S. The molecule has 0 spiro atoms. The summed E-state index contributed by atoms with van der Waals surface area (Å²) >= 11 is 5.51. The summed E-state index contributed by atoms with van der Waals surface area (Å²) < 4.78 is 65.0. The monoisotopic (exact) mass is 406 g/mol. The number of hydrogen-bond donors (Lipinski definition) is 2. The number of amides is 1. The summed E-state index contributed by atoms with van der Waals surface area (Å²) in [5, 5.41) is 1.72. The van der Waals surface area contributed by atoms with Crippen molar-refractivity contribution < 1.29 is 26.4 Å². The highest BCUT2D eigenvalue weighted by Gasteiger charge is 2.33. The highest BCUT2D eigenvalue weighted by Crippen LogP contribution is 2.36. The van der Waals surface area contributed by atoms with Crippen LogP contribution >= 0.6 is 11.6 Å². The molecule has 1 atom stereocenters. The lowest BCUT2D eigenvalue weighted by atomic mass is 10.2. The van der Waals surface area contributed by atoms with Crippen molar-refractivity contribution in [3.8, 4) is 0 Å². The molecule has 0 aliphatic heterocycles. The molecule has 10 heteroatoms. The molecular weight excluding hydrogens is 393 g/mol. The number of sulfonamides is 1. The van der Waals surface area contributed by atoms with E-state index in [0.29, 0.717) is 6.07 Å². The summed E-state index contributed by atoms with van der Waals surface area (Å²) in [7, 11) is -3.95. The average Bonchev–Trinajstić information content (AvgIpc) is 2.56. The number of rotatable bonds is 5. The predicted molar refractivity (Wildman–Crippen MR) is 91.3 cm³/mol. The van der Waals surface area contributed by atoms with E-state index in [9.17, 15) is 26.4 Å². The second-order valence-electron chi connectivity index (χ2n) is 5.34. The highest BCUT2D eigenvalue weighted by molar-refractivity contribution is 7.89. The van der Waals surface area contributed by atoms with Crippen LogP contribution in [-0.4, -0.2) is 20.4 Å². The first-order valence-corrected chi connectivity index (χ1v) is 9.12. The van der Waals surface area contributed by atoms with Crippen molar-refractivity contribution in [2.24, 2.45) is 0 Å². The maximum Gasteiger partial charge on any atom is 0.417 e. The van der Waals surface area contributed by atoms with E-state index in [1.165, 1.54) is 37.3 Å². The third kappa shape index (κ3) is 4.96. The molecule has 0 unspecified atom stereocenters. The molecule has 26 heavy (non-hydrogen) atoms. The van der Waals surface area contributed by atoms with Crippen molar-refractivity contribution in [1.29, 1.82) is 0 Å². The Morgan fingerprint density at radius 3 is 2.31 bits per heavy atom. The predicted octanol–water partition coefficient (Wildman–Crippen LogP) is 3.66. The third-order valence-electron chi connectivity index (χ3n) is 3.32. The third-order valence-corrected chi connectivity index (χ3v) is 5.20. The van der Waals surface area contributed by atoms with Gasteiger partial charge in [-0.2, -0.15) is 17.9 Å². The van der Waals surface area contributed by atoms with Crippen LogP contribution in [-0.2, 0) is 21.0 Å². The molecule has 0 heterocycles. The summed E-state index contributed by atoms with van der Waals surface area (Å²) in [6.45, 7) is 1.27. The van der Waals surface area contributed by atoms with Crippen molar-refractivity contribution in [3.05, 3.63) is 59.1 Å². The zero-order chi connectivity index (χ0) is 19.5. The van der Waals surface area contributed by atoms with E-state index in [0.717, 1.165) is 6.07 Å². The van der Waals surface area contributed by atoms with Gasteiger partial charge in [0, 0.05) is 5.69 Å². The van der Waals surface area contributed by atoms with E-state index in [1.807, 2.05) is 0 Å². The lowest BCUT2D eigenvalue weighted by molar-refractivity contribution is -0.137. The van der Waals surface area contributed by atoms with Crippen LogP contribution in [0.3, 0.4) is 0 Å². The average molecular weight is 407 g/mol. The Kier molecular flexibility index (Phi) is 5.94. The van der Waals surface area contributed by atoms with Gasteiger partial charge in [-0.1, -0.05) is 29.8 Å². The van der Waals surface area contributed by atoms with E-state index < -0.39 is 38.7 Å². The number of carbonyl (C=O) groups excluding carboxylic acids is 1. The van der Waals surface area contributed by atoms with Crippen LogP contribution in [0.15, 0.2) is 53.4 Å². The summed E-state index contributed by atoms with van der Waals surface area (Å²) in [5.41, 5.74) is -1.26. The molecule has 2 aromatic rings. The molecule has 0 aliphatic carbocycles. The second kappa shape index (κ2) is 7.65. The van der Waals surface area contributed by atoms with Crippen LogP contribution in [0.25, 0.3) is 0 Å². The van der Waals surface area contributed by atoms with Crippen LogP contribution in [0.2, 0.25) is 5.02 Å². The normalized spacial score (nSPS) is 13.3. The first kappa shape index (κ1) is 20.2. The minimum Gasteiger partial charge on any atom is -0.325 e. The standard InChI is InChI=1S/C16H14ClF3N2O3S/c1-10(22-26(24,25)12-5-3-2-4-6-12)15(23)21-11-7-8-14(17)13(9-11)16(18,19)20/h2-10,22H,1H3,(H,21,23)/t10-/m1/s1. The van der Waals surface area contributed by atoms with Gasteiger partial charge in [0.1, 0.15) is 0 Å². The fraction of sp³-hybridized carbons (Fsp3) is 0.188. The quantitative estimate of drug-likeness (QED) is 0.795. The van der Waals surface area contributed by atoms with Crippen molar-refractivity contribution in [1.82, 2.24) is 4.72 Å². The minimum absolute atomic E-state index is 0.0366. The lowest BCUT2D eigenvalue weighted by Crippen LogP contribution is -2.41. The Balaban J connectivity index is 2.13. The smallest absolute Gasteiger partial charge is 0.325 e. The molecule has 2 N–H and O–H groups in total. The fourth-order valence-corrected chi connectivity index (χ4v) is 3.47. The second-order valence-corrected chi connectivity index (χ2v) is 7.46. The van der Waals surface area contributed by atoms with Crippen LogP contribution in [0.5, 0.6) is 0 Å². The number of halogens is 4. The van der Waals surface area contributed by atoms with E-state index in [-0.39, 0.29) is 10.6 Å². The van der Waals surface area contributed by atoms with Gasteiger partial charge in [-0.25, -0.2) is 8.42 Å². The summed E-state index contributed by atoms with van der Waals surface area (Å²) in [6, 6.07) is 9.02. The molecule has 0 bridgehead atoms. The minimum atomic E-state index is -4.68. The number of hydrogen-bond acceptors (Lipinski definition) is 3. The molecule has 0 saturated heterocycles. The highest BCUT2D eigenvalue weighted by atomic mass is 35.5. The van der Waals surface area contributed by atoms with Gasteiger partial charge in [0.05, 0.1) is 21.5 Å². The first-order chi connectivity index (χ1) is 12.0. The number of benzene rings is 2. The Morgan fingerprint density at radius 2 is 1.73 bits per heavy atom. The molecule has 0 aliphatic rings.